The van der Waals surface area contributed by atoms with E-state index < -0.39 is 0 Å². The van der Waals surface area contributed by atoms with Gasteiger partial charge in [0.1, 0.15) is 12.0 Å². The van der Waals surface area contributed by atoms with Gasteiger partial charge in [-0.1, -0.05) is 58.0 Å². The first-order chi connectivity index (χ1) is 14.0. The summed E-state index contributed by atoms with van der Waals surface area (Å²) >= 11 is 0. The lowest BCUT2D eigenvalue weighted by molar-refractivity contribution is 0.112. The molecule has 0 spiro atoms. The number of carbonyl (C=O) groups excluding carboxylic acids is 1. The molecular weight excluding hydrogens is 358 g/mol. The van der Waals surface area contributed by atoms with Crippen molar-refractivity contribution in [3.05, 3.63) is 71.3 Å². The Morgan fingerprint density at radius 1 is 0.828 bits per heavy atom. The molecule has 0 N–H and O–H groups in total. The Morgan fingerprint density at radius 2 is 1.41 bits per heavy atom. The second-order valence-electron chi connectivity index (χ2n) is 8.21. The number of ether oxygens (including phenoxy) is 1. The van der Waals surface area contributed by atoms with E-state index in [-0.39, 0.29) is 0 Å². The molecule has 1 heterocycles. The van der Waals surface area contributed by atoms with E-state index in [1.54, 1.807) is 7.11 Å². The summed E-state index contributed by atoms with van der Waals surface area (Å²) in [5, 5.41) is 2.30. The molecule has 0 aliphatic rings. The van der Waals surface area contributed by atoms with Crippen LogP contribution in [-0.2, 0) is 0 Å². The molecule has 0 atom stereocenters. The molecule has 3 nitrogen and oxygen atoms in total. The number of aromatic nitrogens is 1. The fourth-order valence-corrected chi connectivity index (χ4v) is 4.23. The van der Waals surface area contributed by atoms with Crippen LogP contribution in [0.2, 0.25) is 0 Å². The van der Waals surface area contributed by atoms with E-state index in [1.807, 2.05) is 18.2 Å². The maximum atomic E-state index is 11.5. The minimum atomic E-state index is 0.371. The third kappa shape index (κ3) is 3.11. The third-order valence-electron chi connectivity index (χ3n) is 5.70. The first-order valence-corrected chi connectivity index (χ1v) is 10.2. The van der Waals surface area contributed by atoms with Crippen molar-refractivity contribution in [2.75, 3.05) is 7.11 Å². The van der Waals surface area contributed by atoms with E-state index in [0.717, 1.165) is 33.8 Å². The van der Waals surface area contributed by atoms with Crippen molar-refractivity contribution in [2.24, 2.45) is 0 Å². The fraction of sp³-hybridized carbons (Fsp3) is 0.269. The number of carbonyl (C=O) groups is 1. The smallest absolute Gasteiger partial charge is 0.150 e. The van der Waals surface area contributed by atoms with E-state index in [2.05, 4.69) is 68.7 Å². The maximum Gasteiger partial charge on any atom is 0.150 e. The Kier molecular flexibility index (Phi) is 4.91. The molecule has 29 heavy (non-hydrogen) atoms. The molecule has 0 bridgehead atoms. The number of aldehydes is 1. The summed E-state index contributed by atoms with van der Waals surface area (Å²) in [5.74, 6) is 1.57. The molecule has 1 aromatic heterocycles. The highest BCUT2D eigenvalue weighted by molar-refractivity contribution is 6.10. The predicted molar refractivity (Wildman–Crippen MR) is 121 cm³/mol. The lowest BCUT2D eigenvalue weighted by atomic mass is 9.92. The van der Waals surface area contributed by atoms with E-state index in [1.165, 1.54) is 16.8 Å². The van der Waals surface area contributed by atoms with Gasteiger partial charge in [0.15, 0.2) is 0 Å². The maximum absolute atomic E-state index is 11.5. The summed E-state index contributed by atoms with van der Waals surface area (Å²) in [7, 11) is 1.69. The Balaban J connectivity index is 2.24. The minimum Gasteiger partial charge on any atom is -0.497 e. The van der Waals surface area contributed by atoms with Gasteiger partial charge in [-0.05, 0) is 41.2 Å². The second-order valence-corrected chi connectivity index (χ2v) is 8.21. The van der Waals surface area contributed by atoms with Crippen molar-refractivity contribution in [2.45, 2.75) is 39.5 Å². The summed E-state index contributed by atoms with van der Waals surface area (Å²) in [6, 6.07) is 18.7. The SMILES string of the molecule is COc1ccc2c3ccc(C=O)cc3n(-c3c(C(C)C)cccc3C(C)C)c2c1. The largest absolute Gasteiger partial charge is 0.497 e. The minimum absolute atomic E-state index is 0.371. The van der Waals surface area contributed by atoms with Gasteiger partial charge in [-0.15, -0.1) is 0 Å². The van der Waals surface area contributed by atoms with Crippen LogP contribution in [0.1, 0.15) is 61.0 Å². The molecule has 148 valence electrons. The monoisotopic (exact) mass is 385 g/mol. The van der Waals surface area contributed by atoms with E-state index in [9.17, 15) is 4.79 Å². The van der Waals surface area contributed by atoms with Crippen molar-refractivity contribution < 1.29 is 9.53 Å². The molecular formula is C26H27NO2. The predicted octanol–water partition coefficient (Wildman–Crippen LogP) is 6.85. The van der Waals surface area contributed by atoms with E-state index >= 15 is 0 Å². The van der Waals surface area contributed by atoms with Gasteiger partial charge in [-0.3, -0.25) is 4.79 Å². The van der Waals surface area contributed by atoms with E-state index in [0.29, 0.717) is 17.4 Å². The number of methoxy groups -OCH3 is 1. The molecule has 0 saturated carbocycles. The summed E-state index contributed by atoms with van der Waals surface area (Å²) in [5.41, 5.74) is 6.64. The zero-order valence-electron chi connectivity index (χ0n) is 17.7. The highest BCUT2D eigenvalue weighted by atomic mass is 16.5. The highest BCUT2D eigenvalue weighted by Crippen LogP contribution is 2.39. The van der Waals surface area contributed by atoms with E-state index in [4.69, 9.17) is 4.74 Å². The Hall–Kier alpha value is -3.07. The van der Waals surface area contributed by atoms with Crippen LogP contribution in [0.3, 0.4) is 0 Å². The van der Waals surface area contributed by atoms with Crippen molar-refractivity contribution in [1.82, 2.24) is 4.57 Å². The molecule has 4 rings (SSSR count). The van der Waals surface area contributed by atoms with Crippen LogP contribution < -0.4 is 4.74 Å². The molecule has 0 amide bonds. The van der Waals surface area contributed by atoms with Gasteiger partial charge < -0.3 is 9.30 Å². The third-order valence-corrected chi connectivity index (χ3v) is 5.70. The first kappa shape index (κ1) is 19.3. The average molecular weight is 386 g/mol. The van der Waals surface area contributed by atoms with Crippen molar-refractivity contribution in [3.8, 4) is 11.4 Å². The number of benzene rings is 3. The number of hydrogen-bond donors (Lipinski definition) is 0. The van der Waals surface area contributed by atoms with Gasteiger partial charge in [0.25, 0.3) is 0 Å². The zero-order chi connectivity index (χ0) is 20.7. The standard InChI is InChI=1S/C26H27NO2/c1-16(2)20-7-6-8-21(17(3)4)26(20)27-24-13-18(15-28)9-11-22(24)23-12-10-19(29-5)14-25(23)27/h6-17H,1-5H3. The average Bonchev–Trinajstić information content (AvgIpc) is 3.05. The van der Waals surface area contributed by atoms with Gasteiger partial charge in [0, 0.05) is 22.4 Å². The summed E-state index contributed by atoms with van der Waals surface area (Å²) in [4.78, 5) is 11.5. The number of hydrogen-bond acceptors (Lipinski definition) is 2. The second kappa shape index (κ2) is 7.40. The topological polar surface area (TPSA) is 31.2 Å². The van der Waals surface area contributed by atoms with Gasteiger partial charge >= 0.3 is 0 Å². The molecule has 4 aromatic rings. The number of fused-ring (bicyclic) bond motifs is 3. The van der Waals surface area contributed by atoms with Crippen LogP contribution >= 0.6 is 0 Å². The molecule has 3 heteroatoms. The molecule has 0 aliphatic carbocycles. The first-order valence-electron chi connectivity index (χ1n) is 10.2. The zero-order valence-corrected chi connectivity index (χ0v) is 17.7. The number of rotatable bonds is 5. The van der Waals surface area contributed by atoms with Crippen LogP contribution in [0.5, 0.6) is 5.75 Å². The molecule has 3 aromatic carbocycles. The Morgan fingerprint density at radius 3 is 1.97 bits per heavy atom. The van der Waals surface area contributed by atoms with Crippen molar-refractivity contribution in [1.29, 1.82) is 0 Å². The van der Waals surface area contributed by atoms with Crippen molar-refractivity contribution in [3.63, 3.8) is 0 Å². The normalized spacial score (nSPS) is 11.7. The quantitative estimate of drug-likeness (QED) is 0.352. The molecule has 0 radical (unpaired) electrons. The molecule has 0 unspecified atom stereocenters. The Bertz CT molecular complexity index is 1190. The van der Waals surface area contributed by atoms with Crippen LogP contribution in [-0.4, -0.2) is 18.0 Å². The van der Waals surface area contributed by atoms with Crippen LogP contribution in [0.25, 0.3) is 27.5 Å². The number of para-hydroxylation sites is 1. The van der Waals surface area contributed by atoms with Crippen molar-refractivity contribution >= 4 is 28.1 Å². The molecule has 0 saturated heterocycles. The highest BCUT2D eigenvalue weighted by Gasteiger charge is 2.21. The van der Waals surface area contributed by atoms with Gasteiger partial charge in [0.05, 0.1) is 23.8 Å². The summed E-state index contributed by atoms with van der Waals surface area (Å²) < 4.78 is 7.86. The van der Waals surface area contributed by atoms with Crippen LogP contribution in [0.4, 0.5) is 0 Å². The molecule has 0 aliphatic heterocycles. The summed E-state index contributed by atoms with van der Waals surface area (Å²) in [6.07, 6.45) is 0.916. The van der Waals surface area contributed by atoms with Crippen LogP contribution in [0, 0.1) is 0 Å². The van der Waals surface area contributed by atoms with Gasteiger partial charge in [0.2, 0.25) is 0 Å². The number of nitrogens with zero attached hydrogens (tertiary/aromatic N) is 1. The molecule has 0 fully saturated rings. The van der Waals surface area contributed by atoms with Gasteiger partial charge in [-0.2, -0.15) is 0 Å². The van der Waals surface area contributed by atoms with Crippen LogP contribution in [0.15, 0.2) is 54.6 Å². The Labute approximate surface area is 171 Å². The summed E-state index contributed by atoms with van der Waals surface area (Å²) in [6.45, 7) is 8.92. The fourth-order valence-electron chi connectivity index (χ4n) is 4.23. The lowest BCUT2D eigenvalue weighted by Crippen LogP contribution is -2.07. The lowest BCUT2D eigenvalue weighted by Gasteiger charge is -2.22. The van der Waals surface area contributed by atoms with Gasteiger partial charge in [-0.25, -0.2) is 0 Å².